The van der Waals surface area contributed by atoms with E-state index in [1.165, 1.54) is 23.9 Å². The summed E-state index contributed by atoms with van der Waals surface area (Å²) in [6.07, 6.45) is 0. The summed E-state index contributed by atoms with van der Waals surface area (Å²) in [4.78, 5) is 11.3. The fraction of sp³-hybridized carbons (Fsp3) is 0.0769. The van der Waals surface area contributed by atoms with Gasteiger partial charge in [0.1, 0.15) is 5.75 Å². The SMILES string of the molecule is COc1ccc(Sc2ccc([N+](=O)[O-])c(F)c2)cc1. The number of rotatable bonds is 4. The summed E-state index contributed by atoms with van der Waals surface area (Å²) in [7, 11) is 1.58. The fourth-order valence-corrected chi connectivity index (χ4v) is 2.32. The van der Waals surface area contributed by atoms with Crippen LogP contribution in [0.2, 0.25) is 0 Å². The summed E-state index contributed by atoms with van der Waals surface area (Å²) in [6.45, 7) is 0. The Morgan fingerprint density at radius 2 is 1.79 bits per heavy atom. The van der Waals surface area contributed by atoms with Gasteiger partial charge >= 0.3 is 5.69 Å². The number of benzene rings is 2. The van der Waals surface area contributed by atoms with Crippen molar-refractivity contribution in [2.24, 2.45) is 0 Å². The maximum atomic E-state index is 13.4. The van der Waals surface area contributed by atoms with Crippen LogP contribution < -0.4 is 4.74 Å². The van der Waals surface area contributed by atoms with Crippen LogP contribution in [0.15, 0.2) is 52.3 Å². The first-order chi connectivity index (χ1) is 9.10. The average molecular weight is 279 g/mol. The molecule has 0 radical (unpaired) electrons. The summed E-state index contributed by atoms with van der Waals surface area (Å²) < 4.78 is 18.5. The van der Waals surface area contributed by atoms with Gasteiger partial charge in [0.15, 0.2) is 0 Å². The first-order valence-corrected chi connectivity index (χ1v) is 6.17. The highest BCUT2D eigenvalue weighted by Crippen LogP contribution is 2.31. The van der Waals surface area contributed by atoms with Crippen LogP contribution in [0.3, 0.4) is 0 Å². The molecule has 0 saturated heterocycles. The number of ether oxygens (including phenoxy) is 1. The molecule has 6 heteroatoms. The lowest BCUT2D eigenvalue weighted by molar-refractivity contribution is -0.387. The molecule has 0 aliphatic carbocycles. The van der Waals surface area contributed by atoms with Gasteiger partial charge in [-0.15, -0.1) is 0 Å². The molecule has 0 heterocycles. The lowest BCUT2D eigenvalue weighted by Crippen LogP contribution is -1.92. The lowest BCUT2D eigenvalue weighted by atomic mass is 10.3. The molecule has 0 aromatic heterocycles. The van der Waals surface area contributed by atoms with E-state index in [2.05, 4.69) is 0 Å². The van der Waals surface area contributed by atoms with Crippen LogP contribution in [0.1, 0.15) is 0 Å². The number of hydrogen-bond donors (Lipinski definition) is 0. The van der Waals surface area contributed by atoms with E-state index in [0.29, 0.717) is 4.90 Å². The molecule has 0 fully saturated rings. The second-order valence-corrected chi connectivity index (χ2v) is 4.79. The topological polar surface area (TPSA) is 52.4 Å². The zero-order chi connectivity index (χ0) is 13.8. The fourth-order valence-electron chi connectivity index (χ4n) is 1.48. The van der Waals surface area contributed by atoms with Gasteiger partial charge in [0, 0.05) is 15.9 Å². The van der Waals surface area contributed by atoms with Gasteiger partial charge in [0.25, 0.3) is 0 Å². The van der Waals surface area contributed by atoms with Crippen molar-refractivity contribution in [3.63, 3.8) is 0 Å². The summed E-state index contributed by atoms with van der Waals surface area (Å²) >= 11 is 1.32. The van der Waals surface area contributed by atoms with E-state index >= 15 is 0 Å². The molecular weight excluding hydrogens is 269 g/mol. The van der Waals surface area contributed by atoms with Crippen molar-refractivity contribution in [3.8, 4) is 5.75 Å². The minimum absolute atomic E-state index is 0.515. The molecule has 0 amide bonds. The molecule has 0 saturated carbocycles. The van der Waals surface area contributed by atoms with Gasteiger partial charge in [-0.2, -0.15) is 4.39 Å². The zero-order valence-electron chi connectivity index (χ0n) is 10.00. The van der Waals surface area contributed by atoms with E-state index in [4.69, 9.17) is 4.74 Å². The molecule has 2 aromatic rings. The van der Waals surface area contributed by atoms with E-state index < -0.39 is 16.4 Å². The average Bonchev–Trinajstić information content (AvgIpc) is 2.39. The normalized spacial score (nSPS) is 10.2. The minimum Gasteiger partial charge on any atom is -0.497 e. The molecule has 0 aliphatic rings. The molecule has 4 nitrogen and oxygen atoms in total. The molecule has 2 aromatic carbocycles. The molecule has 19 heavy (non-hydrogen) atoms. The monoisotopic (exact) mass is 279 g/mol. The molecule has 0 spiro atoms. The summed E-state index contributed by atoms with van der Waals surface area (Å²) in [5.41, 5.74) is -0.515. The predicted octanol–water partition coefficient (Wildman–Crippen LogP) is 3.89. The molecular formula is C13H10FNO3S. The molecule has 98 valence electrons. The Morgan fingerprint density at radius 3 is 2.32 bits per heavy atom. The zero-order valence-corrected chi connectivity index (χ0v) is 10.8. The molecule has 0 bridgehead atoms. The molecule has 0 atom stereocenters. The molecule has 0 aliphatic heterocycles. The maximum absolute atomic E-state index is 13.4. The third-order valence-corrected chi connectivity index (χ3v) is 3.41. The molecule has 0 unspecified atom stereocenters. The smallest absolute Gasteiger partial charge is 0.304 e. The third-order valence-electron chi connectivity index (χ3n) is 2.41. The molecule has 2 rings (SSSR count). The lowest BCUT2D eigenvalue weighted by Gasteiger charge is -2.04. The first-order valence-electron chi connectivity index (χ1n) is 5.36. The van der Waals surface area contributed by atoms with E-state index in [9.17, 15) is 14.5 Å². The van der Waals surface area contributed by atoms with Gasteiger partial charge in [-0.1, -0.05) is 11.8 Å². The van der Waals surface area contributed by atoms with Crippen molar-refractivity contribution in [2.75, 3.05) is 7.11 Å². The maximum Gasteiger partial charge on any atom is 0.304 e. The Morgan fingerprint density at radius 1 is 1.16 bits per heavy atom. The highest BCUT2D eigenvalue weighted by molar-refractivity contribution is 7.99. The Kier molecular flexibility index (Phi) is 4.01. The van der Waals surface area contributed by atoms with Crippen LogP contribution in [-0.2, 0) is 0 Å². The van der Waals surface area contributed by atoms with Crippen molar-refractivity contribution in [3.05, 3.63) is 58.4 Å². The third kappa shape index (κ3) is 3.23. The standard InChI is InChI=1S/C13H10FNO3S/c1-18-9-2-4-10(5-3-9)19-11-6-7-13(15(16)17)12(14)8-11/h2-8H,1H3. The summed E-state index contributed by atoms with van der Waals surface area (Å²) in [5.74, 6) is -0.0947. The minimum atomic E-state index is -0.830. The Balaban J connectivity index is 2.18. The number of nitrogens with zero attached hydrogens (tertiary/aromatic N) is 1. The van der Waals surface area contributed by atoms with E-state index in [1.807, 2.05) is 12.1 Å². The van der Waals surface area contributed by atoms with Crippen LogP contribution in [0.4, 0.5) is 10.1 Å². The van der Waals surface area contributed by atoms with E-state index in [1.54, 1.807) is 19.2 Å². The second kappa shape index (κ2) is 5.71. The number of halogens is 1. The van der Waals surface area contributed by atoms with Crippen molar-refractivity contribution < 1.29 is 14.1 Å². The Bertz CT molecular complexity index is 601. The quantitative estimate of drug-likeness (QED) is 0.629. The van der Waals surface area contributed by atoms with Gasteiger partial charge in [-0.05, 0) is 36.4 Å². The number of methoxy groups -OCH3 is 1. The number of hydrogen-bond acceptors (Lipinski definition) is 4. The van der Waals surface area contributed by atoms with Gasteiger partial charge in [0.05, 0.1) is 12.0 Å². The van der Waals surface area contributed by atoms with E-state index in [-0.39, 0.29) is 0 Å². The first kappa shape index (κ1) is 13.4. The second-order valence-electron chi connectivity index (χ2n) is 3.65. The van der Waals surface area contributed by atoms with Crippen LogP contribution >= 0.6 is 11.8 Å². The number of nitro benzene ring substituents is 1. The van der Waals surface area contributed by atoms with Crippen molar-refractivity contribution in [1.82, 2.24) is 0 Å². The number of nitro groups is 1. The van der Waals surface area contributed by atoms with Crippen molar-refractivity contribution >= 4 is 17.4 Å². The van der Waals surface area contributed by atoms with Crippen LogP contribution in [0.5, 0.6) is 5.75 Å². The molecule has 0 N–H and O–H groups in total. The highest BCUT2D eigenvalue weighted by Gasteiger charge is 2.14. The van der Waals surface area contributed by atoms with Crippen molar-refractivity contribution in [1.29, 1.82) is 0 Å². The summed E-state index contributed by atoms with van der Waals surface area (Å²) in [5, 5.41) is 10.5. The van der Waals surface area contributed by atoms with Gasteiger partial charge in [-0.25, -0.2) is 0 Å². The van der Waals surface area contributed by atoms with E-state index in [0.717, 1.165) is 16.7 Å². The highest BCUT2D eigenvalue weighted by atomic mass is 32.2. The summed E-state index contributed by atoms with van der Waals surface area (Å²) in [6, 6.07) is 11.1. The Labute approximate surface area is 113 Å². The van der Waals surface area contributed by atoms with Gasteiger partial charge < -0.3 is 4.74 Å². The largest absolute Gasteiger partial charge is 0.497 e. The van der Waals surface area contributed by atoms with Crippen LogP contribution in [0, 0.1) is 15.9 Å². The van der Waals surface area contributed by atoms with Crippen LogP contribution in [0.25, 0.3) is 0 Å². The Hall–Kier alpha value is -2.08. The van der Waals surface area contributed by atoms with Gasteiger partial charge in [-0.3, -0.25) is 10.1 Å². The van der Waals surface area contributed by atoms with Gasteiger partial charge in [0.2, 0.25) is 5.82 Å². The van der Waals surface area contributed by atoms with Crippen molar-refractivity contribution in [2.45, 2.75) is 9.79 Å². The van der Waals surface area contributed by atoms with Crippen LogP contribution in [-0.4, -0.2) is 12.0 Å². The predicted molar refractivity (Wildman–Crippen MR) is 70.2 cm³/mol.